The molecule has 2 amide bonds. The lowest BCUT2D eigenvalue weighted by Crippen LogP contribution is -2.46. The number of nitrogens with zero attached hydrogens (tertiary/aromatic N) is 2. The van der Waals surface area contributed by atoms with Crippen molar-refractivity contribution < 1.29 is 18.0 Å². The second-order valence-electron chi connectivity index (χ2n) is 7.65. The first-order valence-corrected chi connectivity index (χ1v) is 11.5. The molecular formula is C20H29N3O4S. The molecule has 0 bridgehead atoms. The Hall–Kier alpha value is -1.93. The van der Waals surface area contributed by atoms with Crippen LogP contribution < -0.4 is 5.32 Å². The summed E-state index contributed by atoms with van der Waals surface area (Å²) in [6.45, 7) is 3.64. The molecule has 28 heavy (non-hydrogen) atoms. The third-order valence-electron chi connectivity index (χ3n) is 5.46. The Morgan fingerprint density at radius 1 is 0.964 bits per heavy atom. The first-order chi connectivity index (χ1) is 13.4. The quantitative estimate of drug-likeness (QED) is 0.831. The van der Waals surface area contributed by atoms with Gasteiger partial charge < -0.3 is 10.2 Å². The zero-order valence-corrected chi connectivity index (χ0v) is 17.2. The minimum atomic E-state index is -3.66. The predicted molar refractivity (Wildman–Crippen MR) is 107 cm³/mol. The molecule has 0 aromatic heterocycles. The number of amides is 2. The van der Waals surface area contributed by atoms with Crippen LogP contribution in [0.4, 0.5) is 5.69 Å². The van der Waals surface area contributed by atoms with Crippen molar-refractivity contribution >= 4 is 27.5 Å². The second-order valence-corrected chi connectivity index (χ2v) is 9.59. The maximum Gasteiger partial charge on any atom is 0.243 e. The molecule has 2 aliphatic heterocycles. The molecular weight excluding hydrogens is 378 g/mol. The highest BCUT2D eigenvalue weighted by Crippen LogP contribution is 2.26. The summed E-state index contributed by atoms with van der Waals surface area (Å²) >= 11 is 0. The number of carbonyl (C=O) groups excluding carboxylic acids is 2. The van der Waals surface area contributed by atoms with Gasteiger partial charge in [-0.15, -0.1) is 0 Å². The Balaban J connectivity index is 1.69. The van der Waals surface area contributed by atoms with Gasteiger partial charge in [-0.1, -0.05) is 12.8 Å². The maximum absolute atomic E-state index is 13.0. The monoisotopic (exact) mass is 407 g/mol. The van der Waals surface area contributed by atoms with Crippen molar-refractivity contribution in [2.45, 2.75) is 50.3 Å². The molecule has 2 saturated heterocycles. The van der Waals surface area contributed by atoms with E-state index in [4.69, 9.17) is 0 Å². The normalized spacial score (nSPS) is 21.8. The van der Waals surface area contributed by atoms with Gasteiger partial charge in [0.2, 0.25) is 21.8 Å². The molecule has 7 nitrogen and oxygen atoms in total. The van der Waals surface area contributed by atoms with Gasteiger partial charge in [0.15, 0.2) is 0 Å². The average molecular weight is 408 g/mol. The van der Waals surface area contributed by atoms with Gasteiger partial charge in [-0.25, -0.2) is 8.42 Å². The number of hydrogen-bond donors (Lipinski definition) is 1. The van der Waals surface area contributed by atoms with Gasteiger partial charge in [0.05, 0.1) is 10.8 Å². The molecule has 1 atom stereocenters. The molecule has 0 unspecified atom stereocenters. The van der Waals surface area contributed by atoms with Crippen LogP contribution in [-0.2, 0) is 19.6 Å². The number of nitrogens with one attached hydrogen (secondary N) is 1. The highest BCUT2D eigenvalue weighted by Gasteiger charge is 2.35. The van der Waals surface area contributed by atoms with E-state index in [0.29, 0.717) is 18.7 Å². The molecule has 8 heteroatoms. The van der Waals surface area contributed by atoms with E-state index in [1.54, 1.807) is 12.1 Å². The molecule has 2 heterocycles. The van der Waals surface area contributed by atoms with E-state index in [1.165, 1.54) is 23.4 Å². The number of likely N-dealkylation sites (tertiary alicyclic amines) is 1. The fraction of sp³-hybridized carbons (Fsp3) is 0.600. The van der Waals surface area contributed by atoms with Crippen molar-refractivity contribution in [3.8, 4) is 0 Å². The number of piperidine rings is 1. The third-order valence-corrected chi connectivity index (χ3v) is 7.34. The number of carbonyl (C=O) groups is 2. The summed E-state index contributed by atoms with van der Waals surface area (Å²) < 4.78 is 27.5. The molecule has 0 saturated carbocycles. The Bertz CT molecular complexity index is 799. The maximum atomic E-state index is 13.0. The van der Waals surface area contributed by atoms with E-state index in [0.717, 1.165) is 45.2 Å². The summed E-state index contributed by atoms with van der Waals surface area (Å²) in [5.41, 5.74) is 0.555. The largest absolute Gasteiger partial charge is 0.342 e. The zero-order valence-electron chi connectivity index (χ0n) is 16.4. The summed E-state index contributed by atoms with van der Waals surface area (Å²) in [5, 5.41) is 2.63. The lowest BCUT2D eigenvalue weighted by Gasteiger charge is -2.34. The number of anilines is 1. The summed E-state index contributed by atoms with van der Waals surface area (Å²) in [4.78, 5) is 26.2. The number of sulfonamides is 1. The smallest absolute Gasteiger partial charge is 0.243 e. The predicted octanol–water partition coefficient (Wildman–Crippen LogP) is 2.45. The molecule has 154 valence electrons. The topological polar surface area (TPSA) is 86.8 Å². The standard InChI is InChI=1S/C20H29N3O4S/c1-16(24)21-18-8-10-19(11-9-18)28(26,27)23-14-6-7-17(15-23)20(25)22-12-4-2-3-5-13-22/h8-11,17H,2-7,12-15H2,1H3,(H,21,24)/t17-/m0/s1. The fourth-order valence-corrected chi connectivity index (χ4v) is 5.50. The van der Waals surface area contributed by atoms with Crippen LogP contribution in [0.5, 0.6) is 0 Å². The van der Waals surface area contributed by atoms with Crippen LogP contribution in [0.1, 0.15) is 45.4 Å². The first kappa shape index (κ1) is 20.8. The van der Waals surface area contributed by atoms with E-state index in [9.17, 15) is 18.0 Å². The Morgan fingerprint density at radius 3 is 2.21 bits per heavy atom. The van der Waals surface area contributed by atoms with Crippen molar-refractivity contribution in [3.63, 3.8) is 0 Å². The van der Waals surface area contributed by atoms with Crippen LogP contribution >= 0.6 is 0 Å². The van der Waals surface area contributed by atoms with E-state index in [-0.39, 0.29) is 29.2 Å². The highest BCUT2D eigenvalue weighted by molar-refractivity contribution is 7.89. The molecule has 0 aliphatic carbocycles. The molecule has 3 rings (SSSR count). The van der Waals surface area contributed by atoms with Crippen molar-refractivity contribution in [2.24, 2.45) is 5.92 Å². The van der Waals surface area contributed by atoms with Crippen molar-refractivity contribution in [1.29, 1.82) is 0 Å². The molecule has 1 N–H and O–H groups in total. The van der Waals surface area contributed by atoms with Crippen LogP contribution in [0.25, 0.3) is 0 Å². The van der Waals surface area contributed by atoms with Crippen molar-refractivity contribution in [2.75, 3.05) is 31.5 Å². The van der Waals surface area contributed by atoms with Crippen LogP contribution in [0, 0.1) is 5.92 Å². The van der Waals surface area contributed by atoms with Gasteiger partial charge in [-0.3, -0.25) is 9.59 Å². The summed E-state index contributed by atoms with van der Waals surface area (Å²) in [5.74, 6) is -0.371. The lowest BCUT2D eigenvalue weighted by atomic mass is 9.98. The van der Waals surface area contributed by atoms with Gasteiger partial charge >= 0.3 is 0 Å². The third kappa shape index (κ3) is 4.91. The number of benzene rings is 1. The SMILES string of the molecule is CC(=O)Nc1ccc(S(=O)(=O)N2CCC[C@H](C(=O)N3CCCCCC3)C2)cc1. The van der Waals surface area contributed by atoms with Crippen molar-refractivity contribution in [3.05, 3.63) is 24.3 Å². The van der Waals surface area contributed by atoms with E-state index >= 15 is 0 Å². The van der Waals surface area contributed by atoms with Gasteiger partial charge in [0.1, 0.15) is 0 Å². The lowest BCUT2D eigenvalue weighted by molar-refractivity contribution is -0.136. The summed E-state index contributed by atoms with van der Waals surface area (Å²) in [7, 11) is -3.66. The van der Waals surface area contributed by atoms with Gasteiger partial charge in [0.25, 0.3) is 0 Å². The van der Waals surface area contributed by atoms with E-state index in [1.807, 2.05) is 4.90 Å². The minimum Gasteiger partial charge on any atom is -0.342 e. The van der Waals surface area contributed by atoms with Crippen LogP contribution in [0.15, 0.2) is 29.2 Å². The first-order valence-electron chi connectivity index (χ1n) is 10.0. The molecule has 1 aromatic carbocycles. The van der Waals surface area contributed by atoms with Crippen LogP contribution in [0.3, 0.4) is 0 Å². The Kier molecular flexibility index (Phi) is 6.72. The summed E-state index contributed by atoms with van der Waals surface area (Å²) in [6, 6.07) is 6.16. The highest BCUT2D eigenvalue weighted by atomic mass is 32.2. The van der Waals surface area contributed by atoms with Gasteiger partial charge in [-0.2, -0.15) is 4.31 Å². The van der Waals surface area contributed by atoms with E-state index in [2.05, 4.69) is 5.32 Å². The second kappa shape index (κ2) is 9.05. The molecule has 0 radical (unpaired) electrons. The Morgan fingerprint density at radius 2 is 1.61 bits per heavy atom. The molecule has 2 fully saturated rings. The molecule has 0 spiro atoms. The summed E-state index contributed by atoms with van der Waals surface area (Å²) in [6.07, 6.45) is 5.80. The zero-order chi connectivity index (χ0) is 20.1. The fourth-order valence-electron chi connectivity index (χ4n) is 3.97. The molecule has 1 aromatic rings. The Labute approximate surface area is 167 Å². The average Bonchev–Trinajstić information content (AvgIpc) is 2.97. The van der Waals surface area contributed by atoms with E-state index < -0.39 is 10.0 Å². The van der Waals surface area contributed by atoms with Gasteiger partial charge in [-0.05, 0) is 49.9 Å². The number of rotatable bonds is 4. The van der Waals surface area contributed by atoms with Crippen LogP contribution in [0.2, 0.25) is 0 Å². The van der Waals surface area contributed by atoms with Crippen molar-refractivity contribution in [1.82, 2.24) is 9.21 Å². The minimum absolute atomic E-state index is 0.0998. The van der Waals surface area contributed by atoms with Gasteiger partial charge in [0, 0.05) is 38.8 Å². The van der Waals surface area contributed by atoms with Crippen LogP contribution in [-0.4, -0.2) is 55.6 Å². The molecule has 2 aliphatic rings. The number of hydrogen-bond acceptors (Lipinski definition) is 4.